The van der Waals surface area contributed by atoms with E-state index in [9.17, 15) is 0 Å². The molecule has 0 bridgehead atoms. The molecule has 1 aliphatic rings. The Morgan fingerprint density at radius 3 is 2.11 bits per heavy atom. The maximum absolute atomic E-state index is 8.74. The molecular weight excluding hydrogens is 274 g/mol. The molecule has 1 heterocycles. The molecule has 1 atom stereocenters. The molecule has 2 N–H and O–H groups in total. The van der Waals surface area contributed by atoms with E-state index in [4.69, 9.17) is 17.5 Å². The second kappa shape index (κ2) is 6.53. The third kappa shape index (κ3) is 5.83. The summed E-state index contributed by atoms with van der Waals surface area (Å²) < 4.78 is 31.6. The van der Waals surface area contributed by atoms with Gasteiger partial charge in [-0.05, 0) is 12.5 Å². The smallest absolute Gasteiger partial charge is 0.294 e. The lowest BCUT2D eigenvalue weighted by Crippen LogP contribution is -2.48. The van der Waals surface area contributed by atoms with E-state index in [1.807, 2.05) is 0 Å². The molecule has 1 aromatic rings. The van der Waals surface area contributed by atoms with Crippen LogP contribution in [0, 0.1) is 0 Å². The Kier molecular flexibility index (Phi) is 5.61. The first-order valence-corrected chi connectivity index (χ1v) is 7.35. The van der Waals surface area contributed by atoms with Crippen LogP contribution in [-0.2, 0) is 10.4 Å². The molecule has 5 nitrogen and oxygen atoms in total. The van der Waals surface area contributed by atoms with Crippen molar-refractivity contribution in [1.29, 1.82) is 0 Å². The summed E-state index contributed by atoms with van der Waals surface area (Å²) in [6.45, 7) is 4.51. The van der Waals surface area contributed by atoms with Crippen molar-refractivity contribution >= 4 is 23.0 Å². The van der Waals surface area contributed by atoms with Crippen LogP contribution in [0.15, 0.2) is 30.3 Å². The van der Waals surface area contributed by atoms with E-state index in [0.717, 1.165) is 13.1 Å². The summed E-state index contributed by atoms with van der Waals surface area (Å²) in [5.74, 6) is 0. The second-order valence-corrected chi connectivity index (χ2v) is 5.77. The highest BCUT2D eigenvalue weighted by atomic mass is 32.3. The Hall–Kier alpha value is -0.600. The molecule has 1 aromatic carbocycles. The van der Waals surface area contributed by atoms with E-state index in [1.54, 1.807) is 0 Å². The Balaban J connectivity index is 0.000000280. The molecule has 0 spiro atoms. The number of hydrogen-bond donors (Lipinski definition) is 3. The minimum Gasteiger partial charge on any atom is -0.294 e. The van der Waals surface area contributed by atoms with Crippen molar-refractivity contribution < 1.29 is 17.5 Å². The van der Waals surface area contributed by atoms with Gasteiger partial charge in [0.15, 0.2) is 0 Å². The van der Waals surface area contributed by atoms with Crippen LogP contribution >= 0.6 is 12.6 Å². The van der Waals surface area contributed by atoms with E-state index in [2.05, 4.69) is 54.8 Å². The summed E-state index contributed by atoms with van der Waals surface area (Å²) in [4.78, 5) is 2.45. The molecule has 0 saturated carbocycles. The maximum atomic E-state index is 8.74. The fourth-order valence-electron chi connectivity index (χ4n) is 1.75. The highest BCUT2D eigenvalue weighted by Gasteiger charge is 2.27. The zero-order chi connectivity index (χ0) is 13.8. The molecule has 0 amide bonds. The highest BCUT2D eigenvalue weighted by molar-refractivity contribution is 7.81. The minimum atomic E-state index is -4.67. The summed E-state index contributed by atoms with van der Waals surface area (Å²) in [5, 5.41) is 0.589. The van der Waals surface area contributed by atoms with E-state index < -0.39 is 10.4 Å². The van der Waals surface area contributed by atoms with Crippen LogP contribution in [0.3, 0.4) is 0 Å². The number of rotatable bonds is 2. The van der Waals surface area contributed by atoms with Crippen LogP contribution in [-0.4, -0.2) is 40.8 Å². The Labute approximate surface area is 113 Å². The molecule has 102 valence electrons. The minimum absolute atomic E-state index is 0.546. The third-order valence-corrected chi connectivity index (χ3v) is 3.05. The van der Waals surface area contributed by atoms with E-state index in [1.165, 1.54) is 5.56 Å². The molecule has 0 unspecified atom stereocenters. The highest BCUT2D eigenvalue weighted by Crippen LogP contribution is 2.26. The SMILES string of the molecule is C[C@H](c1ccccc1)N1CC(S)C1.O=S(=O)(O)O. The fourth-order valence-corrected chi connectivity index (χ4v) is 2.17. The van der Waals surface area contributed by atoms with Gasteiger partial charge in [-0.2, -0.15) is 21.0 Å². The normalized spacial score (nSPS) is 18.4. The summed E-state index contributed by atoms with van der Waals surface area (Å²) in [6, 6.07) is 11.2. The van der Waals surface area contributed by atoms with Crippen molar-refractivity contribution in [2.75, 3.05) is 13.1 Å². The van der Waals surface area contributed by atoms with Gasteiger partial charge in [0, 0.05) is 24.4 Å². The Morgan fingerprint density at radius 1 is 1.28 bits per heavy atom. The molecule has 1 fully saturated rings. The van der Waals surface area contributed by atoms with Crippen molar-refractivity contribution in [3.05, 3.63) is 35.9 Å². The van der Waals surface area contributed by atoms with Crippen LogP contribution < -0.4 is 0 Å². The molecule has 1 saturated heterocycles. The predicted molar refractivity (Wildman–Crippen MR) is 73.4 cm³/mol. The van der Waals surface area contributed by atoms with E-state index in [0.29, 0.717) is 11.3 Å². The standard InChI is InChI=1S/C11H15NS.H2O4S/c1-9(12-7-11(13)8-12)10-5-3-2-4-6-10;1-5(2,3)4/h2-6,9,11,13H,7-8H2,1H3;(H2,1,2,3,4)/t9-;/m1./s1. The summed E-state index contributed by atoms with van der Waals surface area (Å²) >= 11 is 4.41. The molecule has 7 heteroatoms. The number of nitrogens with zero attached hydrogens (tertiary/aromatic N) is 1. The van der Waals surface area contributed by atoms with Crippen LogP contribution in [0.25, 0.3) is 0 Å². The number of hydrogen-bond acceptors (Lipinski definition) is 4. The lowest BCUT2D eigenvalue weighted by molar-refractivity contribution is 0.137. The van der Waals surface area contributed by atoms with Gasteiger partial charge in [0.1, 0.15) is 0 Å². The van der Waals surface area contributed by atoms with E-state index in [-0.39, 0.29) is 0 Å². The third-order valence-electron chi connectivity index (χ3n) is 2.72. The summed E-state index contributed by atoms with van der Waals surface area (Å²) in [6.07, 6.45) is 0. The number of thiol groups is 1. The first-order chi connectivity index (χ1) is 8.27. The van der Waals surface area contributed by atoms with Crippen molar-refractivity contribution in [3.8, 4) is 0 Å². The van der Waals surface area contributed by atoms with Crippen molar-refractivity contribution in [3.63, 3.8) is 0 Å². The van der Waals surface area contributed by atoms with Crippen molar-refractivity contribution in [1.82, 2.24) is 4.90 Å². The monoisotopic (exact) mass is 291 g/mol. The first kappa shape index (κ1) is 15.5. The summed E-state index contributed by atoms with van der Waals surface area (Å²) in [5.41, 5.74) is 1.41. The Bertz CT molecular complexity index is 449. The molecule has 0 radical (unpaired) electrons. The van der Waals surface area contributed by atoms with Crippen LogP contribution in [0.2, 0.25) is 0 Å². The molecule has 18 heavy (non-hydrogen) atoms. The largest absolute Gasteiger partial charge is 0.394 e. The van der Waals surface area contributed by atoms with Gasteiger partial charge in [0.2, 0.25) is 0 Å². The van der Waals surface area contributed by atoms with Crippen LogP contribution in [0.5, 0.6) is 0 Å². The van der Waals surface area contributed by atoms with Crippen LogP contribution in [0.1, 0.15) is 18.5 Å². The fraction of sp³-hybridized carbons (Fsp3) is 0.455. The molecule has 0 aromatic heterocycles. The number of benzene rings is 1. The second-order valence-electron chi connectivity index (χ2n) is 4.14. The van der Waals surface area contributed by atoms with Gasteiger partial charge in [-0.3, -0.25) is 14.0 Å². The quantitative estimate of drug-likeness (QED) is 0.571. The lowest BCUT2D eigenvalue weighted by atomic mass is 10.0. The van der Waals surface area contributed by atoms with Gasteiger partial charge in [-0.25, -0.2) is 0 Å². The zero-order valence-electron chi connectivity index (χ0n) is 9.97. The molecule has 0 aliphatic carbocycles. The average Bonchev–Trinajstić information content (AvgIpc) is 2.23. The zero-order valence-corrected chi connectivity index (χ0v) is 11.7. The summed E-state index contributed by atoms with van der Waals surface area (Å²) in [7, 11) is -4.67. The Morgan fingerprint density at radius 2 is 1.72 bits per heavy atom. The van der Waals surface area contributed by atoms with Gasteiger partial charge in [0.25, 0.3) is 0 Å². The predicted octanol–water partition coefficient (Wildman–Crippen LogP) is 1.71. The van der Waals surface area contributed by atoms with Crippen LogP contribution in [0.4, 0.5) is 0 Å². The van der Waals surface area contributed by atoms with Crippen molar-refractivity contribution in [2.45, 2.75) is 18.2 Å². The van der Waals surface area contributed by atoms with Gasteiger partial charge >= 0.3 is 10.4 Å². The maximum Gasteiger partial charge on any atom is 0.394 e. The molecule has 1 aliphatic heterocycles. The van der Waals surface area contributed by atoms with Crippen molar-refractivity contribution in [2.24, 2.45) is 0 Å². The topological polar surface area (TPSA) is 77.8 Å². The van der Waals surface area contributed by atoms with Gasteiger partial charge in [-0.1, -0.05) is 30.3 Å². The van der Waals surface area contributed by atoms with E-state index >= 15 is 0 Å². The first-order valence-electron chi connectivity index (χ1n) is 5.44. The molecular formula is C11H17NO4S2. The number of likely N-dealkylation sites (tertiary alicyclic amines) is 1. The van der Waals surface area contributed by atoms with Gasteiger partial charge in [0.05, 0.1) is 0 Å². The lowest BCUT2D eigenvalue weighted by Gasteiger charge is -2.41. The van der Waals surface area contributed by atoms with Gasteiger partial charge in [-0.15, -0.1) is 0 Å². The average molecular weight is 291 g/mol. The van der Waals surface area contributed by atoms with Gasteiger partial charge < -0.3 is 0 Å². The molecule has 2 rings (SSSR count).